The Labute approximate surface area is 87.8 Å². The summed E-state index contributed by atoms with van der Waals surface area (Å²) < 4.78 is 0. The van der Waals surface area contributed by atoms with E-state index in [1.54, 1.807) is 11.9 Å². The van der Waals surface area contributed by atoms with Gasteiger partial charge in [-0.1, -0.05) is 0 Å². The summed E-state index contributed by atoms with van der Waals surface area (Å²) in [6, 6.07) is 0. The molecule has 0 unspecified atom stereocenters. The third-order valence-corrected chi connectivity index (χ3v) is 2.52. The topological polar surface area (TPSA) is 66.3 Å². The maximum absolute atomic E-state index is 10.5. The van der Waals surface area contributed by atoms with Crippen molar-refractivity contribution in [3.8, 4) is 0 Å². The highest BCUT2D eigenvalue weighted by Gasteiger charge is 2.15. The van der Waals surface area contributed by atoms with Gasteiger partial charge in [-0.2, -0.15) is 0 Å². The highest BCUT2D eigenvalue weighted by molar-refractivity contribution is 5.72. The van der Waals surface area contributed by atoms with Crippen molar-refractivity contribution in [3.05, 3.63) is 17.5 Å². The molecule has 0 aliphatic heterocycles. The van der Waals surface area contributed by atoms with E-state index in [1.807, 2.05) is 6.20 Å². The zero-order chi connectivity index (χ0) is 10.8. The first kappa shape index (κ1) is 9.89. The lowest BCUT2D eigenvalue weighted by atomic mass is 10.3. The van der Waals surface area contributed by atoms with E-state index in [-0.39, 0.29) is 6.54 Å². The molecule has 0 saturated heterocycles. The summed E-state index contributed by atoms with van der Waals surface area (Å²) in [5.41, 5.74) is 2.26. The molecule has 2 rings (SSSR count). The smallest absolute Gasteiger partial charge is 0.323 e. The van der Waals surface area contributed by atoms with E-state index in [0.29, 0.717) is 5.95 Å². The number of carboxylic acids is 1. The molecule has 1 heterocycles. The molecule has 0 amide bonds. The molecular weight excluding hydrogens is 194 g/mol. The Morgan fingerprint density at radius 3 is 3.13 bits per heavy atom. The second-order valence-corrected chi connectivity index (χ2v) is 3.75. The fourth-order valence-corrected chi connectivity index (χ4v) is 1.76. The van der Waals surface area contributed by atoms with E-state index in [2.05, 4.69) is 9.97 Å². The minimum absolute atomic E-state index is 0.0706. The summed E-state index contributed by atoms with van der Waals surface area (Å²) in [5.74, 6) is -0.375. The number of hydrogen-bond donors (Lipinski definition) is 1. The minimum atomic E-state index is -0.874. The van der Waals surface area contributed by atoms with E-state index in [0.717, 1.165) is 25.0 Å². The third-order valence-electron chi connectivity index (χ3n) is 2.52. The van der Waals surface area contributed by atoms with E-state index in [9.17, 15) is 4.79 Å². The van der Waals surface area contributed by atoms with Gasteiger partial charge < -0.3 is 10.0 Å². The number of nitrogens with zero attached hydrogens (tertiary/aromatic N) is 3. The molecule has 0 spiro atoms. The molecule has 1 N–H and O–H groups in total. The Morgan fingerprint density at radius 2 is 2.40 bits per heavy atom. The van der Waals surface area contributed by atoms with Crippen LogP contribution in [0.4, 0.5) is 5.95 Å². The van der Waals surface area contributed by atoms with Crippen LogP contribution >= 0.6 is 0 Å². The summed E-state index contributed by atoms with van der Waals surface area (Å²) in [7, 11) is 1.69. The van der Waals surface area contributed by atoms with Gasteiger partial charge in [0.2, 0.25) is 5.95 Å². The van der Waals surface area contributed by atoms with Gasteiger partial charge in [-0.25, -0.2) is 9.97 Å². The van der Waals surface area contributed by atoms with Crippen molar-refractivity contribution in [2.24, 2.45) is 0 Å². The molecular formula is C10H13N3O2. The van der Waals surface area contributed by atoms with Crippen LogP contribution in [0, 0.1) is 0 Å². The van der Waals surface area contributed by atoms with Gasteiger partial charge in [0, 0.05) is 18.9 Å². The number of fused-ring (bicyclic) bond motifs is 1. The molecule has 1 aromatic heterocycles. The second kappa shape index (κ2) is 3.84. The monoisotopic (exact) mass is 207 g/mol. The number of aromatic nitrogens is 2. The summed E-state index contributed by atoms with van der Waals surface area (Å²) in [4.78, 5) is 20.6. The van der Waals surface area contributed by atoms with E-state index < -0.39 is 5.97 Å². The van der Waals surface area contributed by atoms with E-state index in [4.69, 9.17) is 5.11 Å². The Morgan fingerprint density at radius 1 is 1.60 bits per heavy atom. The van der Waals surface area contributed by atoms with Crippen LogP contribution in [0.1, 0.15) is 17.7 Å². The highest BCUT2D eigenvalue weighted by Crippen LogP contribution is 2.20. The second-order valence-electron chi connectivity index (χ2n) is 3.75. The van der Waals surface area contributed by atoms with Crippen LogP contribution in [-0.4, -0.2) is 34.6 Å². The maximum atomic E-state index is 10.5. The van der Waals surface area contributed by atoms with Crippen LogP contribution in [0.5, 0.6) is 0 Å². The Balaban J connectivity index is 2.19. The van der Waals surface area contributed by atoms with Crippen LogP contribution in [0.25, 0.3) is 0 Å². The maximum Gasteiger partial charge on any atom is 0.323 e. The average Bonchev–Trinajstić information content (AvgIpc) is 2.62. The van der Waals surface area contributed by atoms with Crippen molar-refractivity contribution in [1.82, 2.24) is 9.97 Å². The molecule has 0 bridgehead atoms. The summed E-state index contributed by atoms with van der Waals surface area (Å²) in [5, 5.41) is 8.64. The summed E-state index contributed by atoms with van der Waals surface area (Å²) in [6.07, 6.45) is 4.95. The van der Waals surface area contributed by atoms with Gasteiger partial charge in [0.25, 0.3) is 0 Å². The van der Waals surface area contributed by atoms with Crippen LogP contribution in [0.3, 0.4) is 0 Å². The SMILES string of the molecule is CN(CC(=O)O)c1ncc2c(n1)CCC2. The lowest BCUT2D eigenvalue weighted by Gasteiger charge is -2.14. The molecule has 80 valence electrons. The van der Waals surface area contributed by atoms with Gasteiger partial charge >= 0.3 is 5.97 Å². The fraction of sp³-hybridized carbons (Fsp3) is 0.500. The van der Waals surface area contributed by atoms with Crippen molar-refractivity contribution >= 4 is 11.9 Å². The molecule has 0 atom stereocenters. The molecule has 1 aliphatic rings. The summed E-state index contributed by atoms with van der Waals surface area (Å²) >= 11 is 0. The number of likely N-dealkylation sites (N-methyl/N-ethyl adjacent to an activating group) is 1. The molecule has 5 heteroatoms. The van der Waals surface area contributed by atoms with Crippen LogP contribution < -0.4 is 4.90 Å². The van der Waals surface area contributed by atoms with Crippen molar-refractivity contribution in [1.29, 1.82) is 0 Å². The van der Waals surface area contributed by atoms with Crippen LogP contribution in [0.2, 0.25) is 0 Å². The molecule has 5 nitrogen and oxygen atoms in total. The first-order valence-electron chi connectivity index (χ1n) is 4.94. The predicted octanol–water partition coefficient (Wildman–Crippen LogP) is 0.486. The Hall–Kier alpha value is -1.65. The molecule has 15 heavy (non-hydrogen) atoms. The standard InChI is InChI=1S/C10H13N3O2/c1-13(6-9(14)15)10-11-5-7-3-2-4-8(7)12-10/h5H,2-4,6H2,1H3,(H,14,15). The van der Waals surface area contributed by atoms with Crippen molar-refractivity contribution in [2.75, 3.05) is 18.5 Å². The van der Waals surface area contributed by atoms with Crippen molar-refractivity contribution in [3.63, 3.8) is 0 Å². The van der Waals surface area contributed by atoms with Gasteiger partial charge in [-0.05, 0) is 24.8 Å². The summed E-state index contributed by atoms with van der Waals surface area (Å²) in [6.45, 7) is -0.0706. The highest BCUT2D eigenvalue weighted by atomic mass is 16.4. The molecule has 0 radical (unpaired) electrons. The zero-order valence-electron chi connectivity index (χ0n) is 8.60. The predicted molar refractivity (Wildman–Crippen MR) is 55.0 cm³/mol. The zero-order valence-corrected chi connectivity index (χ0v) is 8.60. The average molecular weight is 207 g/mol. The Bertz CT molecular complexity index is 392. The fourth-order valence-electron chi connectivity index (χ4n) is 1.76. The van der Waals surface area contributed by atoms with Crippen LogP contribution in [-0.2, 0) is 17.6 Å². The van der Waals surface area contributed by atoms with Crippen molar-refractivity contribution < 1.29 is 9.90 Å². The number of rotatable bonds is 3. The van der Waals surface area contributed by atoms with Gasteiger partial charge in [0.05, 0.1) is 0 Å². The third kappa shape index (κ3) is 2.06. The van der Waals surface area contributed by atoms with Gasteiger partial charge in [-0.15, -0.1) is 0 Å². The van der Waals surface area contributed by atoms with Gasteiger partial charge in [0.15, 0.2) is 0 Å². The first-order chi connectivity index (χ1) is 7.16. The molecule has 1 aliphatic carbocycles. The normalized spacial score (nSPS) is 13.7. The molecule has 0 saturated carbocycles. The van der Waals surface area contributed by atoms with Gasteiger partial charge in [-0.3, -0.25) is 4.79 Å². The molecule has 0 fully saturated rings. The molecule has 1 aromatic rings. The number of anilines is 1. The van der Waals surface area contributed by atoms with Gasteiger partial charge in [0.1, 0.15) is 6.54 Å². The quantitative estimate of drug-likeness (QED) is 0.781. The lowest BCUT2D eigenvalue weighted by molar-refractivity contribution is -0.135. The minimum Gasteiger partial charge on any atom is -0.480 e. The number of carboxylic acid groups (broad SMARTS) is 1. The van der Waals surface area contributed by atoms with Crippen LogP contribution in [0.15, 0.2) is 6.20 Å². The Kier molecular flexibility index (Phi) is 2.53. The lowest BCUT2D eigenvalue weighted by Crippen LogP contribution is -2.27. The molecule has 0 aromatic carbocycles. The van der Waals surface area contributed by atoms with Crippen molar-refractivity contribution in [2.45, 2.75) is 19.3 Å². The number of aryl methyl sites for hydroxylation is 2. The van der Waals surface area contributed by atoms with E-state index in [1.165, 1.54) is 5.56 Å². The van der Waals surface area contributed by atoms with E-state index >= 15 is 0 Å². The number of hydrogen-bond acceptors (Lipinski definition) is 4. The largest absolute Gasteiger partial charge is 0.480 e. The number of aliphatic carboxylic acids is 1. The first-order valence-corrected chi connectivity index (χ1v) is 4.94. The number of carbonyl (C=O) groups is 1.